The molecule has 1 aliphatic heterocycles. The molecule has 0 bridgehead atoms. The van der Waals surface area contributed by atoms with Gasteiger partial charge in [-0.05, 0) is 16.7 Å². The van der Waals surface area contributed by atoms with Crippen LogP contribution < -0.4 is 5.32 Å². The summed E-state index contributed by atoms with van der Waals surface area (Å²) in [5.41, 5.74) is 0.412. The van der Waals surface area contributed by atoms with E-state index < -0.39 is 12.0 Å². The molecule has 2 fully saturated rings. The monoisotopic (exact) mass is 284 g/mol. The maximum atomic E-state index is 12.2. The van der Waals surface area contributed by atoms with Crippen LogP contribution in [0.1, 0.15) is 27.7 Å². The lowest BCUT2D eigenvalue weighted by atomic mass is 10.0. The van der Waals surface area contributed by atoms with Gasteiger partial charge in [-0.25, -0.2) is 9.59 Å². The minimum atomic E-state index is -1.02. The molecule has 20 heavy (non-hydrogen) atoms. The van der Waals surface area contributed by atoms with Gasteiger partial charge in [-0.3, -0.25) is 0 Å². The third kappa shape index (κ3) is 2.37. The van der Waals surface area contributed by atoms with E-state index >= 15 is 0 Å². The van der Waals surface area contributed by atoms with Crippen LogP contribution in [0.4, 0.5) is 4.79 Å². The summed E-state index contributed by atoms with van der Waals surface area (Å²) in [6.45, 7) is 10.1. The average Bonchev–Trinajstić information content (AvgIpc) is 2.76. The fourth-order valence-electron chi connectivity index (χ4n) is 3.19. The van der Waals surface area contributed by atoms with Gasteiger partial charge in [0.2, 0.25) is 0 Å². The SMILES string of the molecule is CC1(C)C(CNC(=O)N2CCOCC2C(=O)O)C1(C)C. The number of ether oxygens (including phenoxy) is 1. The predicted octanol–water partition coefficient (Wildman–Crippen LogP) is 1.16. The summed E-state index contributed by atoms with van der Waals surface area (Å²) >= 11 is 0. The van der Waals surface area contributed by atoms with E-state index in [1.807, 2.05) is 0 Å². The van der Waals surface area contributed by atoms with Crippen molar-refractivity contribution in [2.45, 2.75) is 33.7 Å². The topological polar surface area (TPSA) is 78.9 Å². The van der Waals surface area contributed by atoms with Crippen LogP contribution in [0.15, 0.2) is 0 Å². The Morgan fingerprint density at radius 1 is 1.30 bits per heavy atom. The van der Waals surface area contributed by atoms with Crippen LogP contribution in [0.2, 0.25) is 0 Å². The number of carboxylic acid groups (broad SMARTS) is 1. The second-order valence-corrected chi connectivity index (χ2v) is 6.80. The number of hydrogen-bond acceptors (Lipinski definition) is 3. The highest BCUT2D eigenvalue weighted by Gasteiger charge is 2.64. The molecular weight excluding hydrogens is 260 g/mol. The fourth-order valence-corrected chi connectivity index (χ4v) is 3.19. The number of nitrogens with zero attached hydrogens (tertiary/aromatic N) is 1. The Balaban J connectivity index is 1.90. The van der Waals surface area contributed by atoms with Crippen LogP contribution in [0, 0.1) is 16.7 Å². The zero-order chi connectivity index (χ0) is 15.1. The van der Waals surface area contributed by atoms with E-state index in [0.29, 0.717) is 25.6 Å². The Bertz CT molecular complexity index is 405. The van der Waals surface area contributed by atoms with Gasteiger partial charge in [-0.2, -0.15) is 0 Å². The minimum Gasteiger partial charge on any atom is -0.480 e. The van der Waals surface area contributed by atoms with Gasteiger partial charge in [0.25, 0.3) is 0 Å². The lowest BCUT2D eigenvalue weighted by Crippen LogP contribution is -2.55. The van der Waals surface area contributed by atoms with Gasteiger partial charge in [-0.15, -0.1) is 0 Å². The third-order valence-corrected chi connectivity index (χ3v) is 5.45. The molecule has 0 radical (unpaired) electrons. The summed E-state index contributed by atoms with van der Waals surface area (Å²) < 4.78 is 5.13. The van der Waals surface area contributed by atoms with Crippen molar-refractivity contribution in [3.05, 3.63) is 0 Å². The van der Waals surface area contributed by atoms with Crippen LogP contribution >= 0.6 is 0 Å². The van der Waals surface area contributed by atoms with E-state index in [9.17, 15) is 9.59 Å². The molecule has 114 valence electrons. The molecule has 0 spiro atoms. The quantitative estimate of drug-likeness (QED) is 0.815. The highest BCUT2D eigenvalue weighted by atomic mass is 16.5. The van der Waals surface area contributed by atoms with E-state index in [0.717, 1.165) is 0 Å². The smallest absolute Gasteiger partial charge is 0.328 e. The van der Waals surface area contributed by atoms with Crippen LogP contribution in [0.5, 0.6) is 0 Å². The Hall–Kier alpha value is -1.30. The van der Waals surface area contributed by atoms with Crippen molar-refractivity contribution < 1.29 is 19.4 Å². The number of nitrogens with one attached hydrogen (secondary N) is 1. The molecule has 0 aromatic rings. The van der Waals surface area contributed by atoms with Crippen LogP contribution in [0.25, 0.3) is 0 Å². The zero-order valence-electron chi connectivity index (χ0n) is 12.6. The molecule has 1 unspecified atom stereocenters. The van der Waals surface area contributed by atoms with Gasteiger partial charge < -0.3 is 20.1 Å². The van der Waals surface area contributed by atoms with Gasteiger partial charge in [0, 0.05) is 13.1 Å². The molecule has 1 saturated heterocycles. The molecular formula is C14H24N2O4. The number of urea groups is 1. The van der Waals surface area contributed by atoms with Crippen molar-refractivity contribution in [1.29, 1.82) is 0 Å². The standard InChI is InChI=1S/C14H24N2O4/c1-13(2)10(14(13,3)4)7-15-12(19)16-5-6-20-8-9(16)11(17)18/h9-10H,5-8H2,1-4H3,(H,15,19)(H,17,18). The van der Waals surface area contributed by atoms with Crippen molar-refractivity contribution in [3.63, 3.8) is 0 Å². The summed E-state index contributed by atoms with van der Waals surface area (Å²) in [5.74, 6) is -0.602. The van der Waals surface area contributed by atoms with Crippen LogP contribution in [-0.4, -0.2) is 54.4 Å². The van der Waals surface area contributed by atoms with Gasteiger partial charge in [0.05, 0.1) is 13.2 Å². The first kappa shape index (κ1) is 15.1. The summed E-state index contributed by atoms with van der Waals surface area (Å²) in [6, 6.07) is -1.19. The summed E-state index contributed by atoms with van der Waals surface area (Å²) in [5, 5.41) is 12.0. The fraction of sp³-hybridized carbons (Fsp3) is 0.857. The largest absolute Gasteiger partial charge is 0.480 e. The Morgan fingerprint density at radius 2 is 1.90 bits per heavy atom. The lowest BCUT2D eigenvalue weighted by molar-refractivity contribution is -0.147. The first-order valence-corrected chi connectivity index (χ1v) is 7.04. The van der Waals surface area contributed by atoms with Gasteiger partial charge in [0.1, 0.15) is 0 Å². The highest BCUT2D eigenvalue weighted by Crippen LogP contribution is 2.67. The van der Waals surface area contributed by atoms with Gasteiger partial charge >= 0.3 is 12.0 Å². The van der Waals surface area contributed by atoms with E-state index in [-0.39, 0.29) is 23.5 Å². The minimum absolute atomic E-state index is 0.0587. The first-order valence-electron chi connectivity index (χ1n) is 7.04. The van der Waals surface area contributed by atoms with Gasteiger partial charge in [-0.1, -0.05) is 27.7 Å². The van der Waals surface area contributed by atoms with Crippen LogP contribution in [0.3, 0.4) is 0 Å². The molecule has 2 rings (SSSR count). The number of carbonyl (C=O) groups is 2. The molecule has 6 heteroatoms. The van der Waals surface area contributed by atoms with E-state index in [2.05, 4.69) is 33.0 Å². The normalized spacial score (nSPS) is 28.0. The van der Waals surface area contributed by atoms with E-state index in [4.69, 9.17) is 9.84 Å². The number of rotatable bonds is 3. The second kappa shape index (κ2) is 4.91. The van der Waals surface area contributed by atoms with E-state index in [1.165, 1.54) is 4.90 Å². The van der Waals surface area contributed by atoms with Crippen molar-refractivity contribution in [2.24, 2.45) is 16.7 Å². The lowest BCUT2D eigenvalue weighted by Gasteiger charge is -2.32. The molecule has 1 heterocycles. The molecule has 2 amide bonds. The molecule has 1 saturated carbocycles. The van der Waals surface area contributed by atoms with Crippen LogP contribution in [-0.2, 0) is 9.53 Å². The maximum Gasteiger partial charge on any atom is 0.328 e. The zero-order valence-corrected chi connectivity index (χ0v) is 12.6. The summed E-state index contributed by atoms with van der Waals surface area (Å²) in [6.07, 6.45) is 0. The first-order chi connectivity index (χ1) is 9.19. The number of aliphatic carboxylic acids is 1. The Labute approximate surface area is 119 Å². The summed E-state index contributed by atoms with van der Waals surface area (Å²) in [4.78, 5) is 24.6. The van der Waals surface area contributed by atoms with Gasteiger partial charge in [0.15, 0.2) is 6.04 Å². The highest BCUT2D eigenvalue weighted by molar-refractivity contribution is 5.83. The Morgan fingerprint density at radius 3 is 2.40 bits per heavy atom. The maximum absolute atomic E-state index is 12.2. The number of carbonyl (C=O) groups excluding carboxylic acids is 1. The van der Waals surface area contributed by atoms with Crippen molar-refractivity contribution in [3.8, 4) is 0 Å². The van der Waals surface area contributed by atoms with E-state index in [1.54, 1.807) is 0 Å². The Kier molecular flexibility index (Phi) is 3.71. The number of carboxylic acids is 1. The number of morpholine rings is 1. The second-order valence-electron chi connectivity index (χ2n) is 6.80. The average molecular weight is 284 g/mol. The number of hydrogen-bond donors (Lipinski definition) is 2. The number of amides is 2. The molecule has 2 N–H and O–H groups in total. The predicted molar refractivity (Wildman–Crippen MR) is 73.4 cm³/mol. The molecule has 0 aromatic carbocycles. The van der Waals surface area contributed by atoms with Crippen molar-refractivity contribution in [1.82, 2.24) is 10.2 Å². The molecule has 1 aliphatic carbocycles. The molecule has 2 aliphatic rings. The molecule has 0 aromatic heterocycles. The van der Waals surface area contributed by atoms with Crippen molar-refractivity contribution >= 4 is 12.0 Å². The third-order valence-electron chi connectivity index (χ3n) is 5.45. The van der Waals surface area contributed by atoms with Crippen molar-refractivity contribution in [2.75, 3.05) is 26.3 Å². The summed E-state index contributed by atoms with van der Waals surface area (Å²) in [7, 11) is 0. The molecule has 1 atom stereocenters. The molecule has 6 nitrogen and oxygen atoms in total.